The predicted molar refractivity (Wildman–Crippen MR) is 51.1 cm³/mol. The lowest BCUT2D eigenvalue weighted by Crippen LogP contribution is -2.14. The number of hydrogen-bond donors (Lipinski definition) is 1. The molecule has 1 aromatic carbocycles. The third kappa shape index (κ3) is 1.70. The topological polar surface area (TPSA) is 30.9 Å². The number of rotatable bonds is 1. The average Bonchev–Trinajstić information content (AvgIpc) is 2.59. The lowest BCUT2D eigenvalue weighted by Gasteiger charge is -2.09. The Morgan fingerprint density at radius 3 is 2.53 bits per heavy atom. The maximum absolute atomic E-state index is 12.5. The van der Waals surface area contributed by atoms with Crippen LogP contribution in [-0.2, 0) is 12.8 Å². The fourth-order valence-electron chi connectivity index (χ4n) is 1.54. The number of aromatic nitrogens is 1. The monoisotopic (exact) mass is 214 g/mol. The molecule has 0 bridgehead atoms. The maximum atomic E-state index is 12.5. The number of nitrogens with two attached hydrogens (primary N) is 1. The van der Waals surface area contributed by atoms with Crippen molar-refractivity contribution in [2.24, 2.45) is 5.73 Å². The highest BCUT2D eigenvalue weighted by Gasteiger charge is 2.31. The van der Waals surface area contributed by atoms with E-state index in [-0.39, 0.29) is 5.52 Å². The van der Waals surface area contributed by atoms with Crippen molar-refractivity contribution in [1.29, 1.82) is 0 Å². The first kappa shape index (κ1) is 10.0. The van der Waals surface area contributed by atoms with Gasteiger partial charge in [-0.15, -0.1) is 13.2 Å². The second kappa shape index (κ2) is 3.27. The van der Waals surface area contributed by atoms with Crippen LogP contribution in [0.4, 0.5) is 13.2 Å². The highest BCUT2D eigenvalue weighted by atomic mass is 19.4. The molecule has 2 aromatic rings. The summed E-state index contributed by atoms with van der Waals surface area (Å²) < 4.78 is 37.7. The van der Waals surface area contributed by atoms with Gasteiger partial charge < -0.3 is 5.73 Å². The molecule has 0 amide bonds. The van der Waals surface area contributed by atoms with E-state index in [1.807, 2.05) is 0 Å². The Morgan fingerprint density at radius 2 is 1.93 bits per heavy atom. The van der Waals surface area contributed by atoms with Gasteiger partial charge in [0, 0.05) is 18.1 Å². The Hall–Kier alpha value is -1.49. The molecule has 5 heteroatoms. The van der Waals surface area contributed by atoms with Crippen molar-refractivity contribution in [2.45, 2.75) is 12.8 Å². The summed E-state index contributed by atoms with van der Waals surface area (Å²) in [5.74, 6) is 0. The van der Waals surface area contributed by atoms with Gasteiger partial charge in [-0.25, -0.2) is 0 Å². The molecular weight excluding hydrogens is 205 g/mol. The molecule has 2 nitrogen and oxygen atoms in total. The van der Waals surface area contributed by atoms with Crippen LogP contribution in [0.25, 0.3) is 10.9 Å². The Labute approximate surface area is 84.1 Å². The molecule has 80 valence electrons. The summed E-state index contributed by atoms with van der Waals surface area (Å²) >= 11 is 0. The summed E-state index contributed by atoms with van der Waals surface area (Å²) in [5, 5.41) is 0.551. The number of nitrogens with zero attached hydrogens (tertiary/aromatic N) is 1. The highest BCUT2D eigenvalue weighted by molar-refractivity contribution is 5.81. The van der Waals surface area contributed by atoms with E-state index < -0.39 is 6.30 Å². The summed E-state index contributed by atoms with van der Waals surface area (Å²) in [5.41, 5.74) is 6.38. The number of fused-ring (bicyclic) bond motifs is 1. The summed E-state index contributed by atoms with van der Waals surface area (Å²) in [7, 11) is 0. The Bertz CT molecular complexity index is 485. The largest absolute Gasteiger partial charge is 0.488 e. The zero-order chi connectivity index (χ0) is 11.1. The van der Waals surface area contributed by atoms with E-state index in [9.17, 15) is 13.2 Å². The second-order valence-corrected chi connectivity index (χ2v) is 3.25. The first-order valence-electron chi connectivity index (χ1n) is 4.39. The zero-order valence-corrected chi connectivity index (χ0v) is 7.75. The van der Waals surface area contributed by atoms with Gasteiger partial charge in [0.15, 0.2) is 0 Å². The van der Waals surface area contributed by atoms with Crippen LogP contribution in [0.15, 0.2) is 30.5 Å². The molecule has 0 atom stereocenters. The van der Waals surface area contributed by atoms with Gasteiger partial charge in [0.1, 0.15) is 0 Å². The van der Waals surface area contributed by atoms with Crippen molar-refractivity contribution in [2.75, 3.05) is 0 Å². The minimum absolute atomic E-state index is 0.153. The highest BCUT2D eigenvalue weighted by Crippen LogP contribution is 2.28. The van der Waals surface area contributed by atoms with Crippen molar-refractivity contribution in [1.82, 2.24) is 4.57 Å². The van der Waals surface area contributed by atoms with Crippen LogP contribution < -0.4 is 5.73 Å². The second-order valence-electron chi connectivity index (χ2n) is 3.25. The summed E-state index contributed by atoms with van der Waals surface area (Å²) in [6.07, 6.45) is -3.35. The van der Waals surface area contributed by atoms with E-state index in [2.05, 4.69) is 0 Å². The lowest BCUT2D eigenvalue weighted by molar-refractivity contribution is -0.200. The van der Waals surface area contributed by atoms with Crippen LogP contribution in [0.1, 0.15) is 5.56 Å². The number of alkyl halides is 3. The normalized spacial score (nSPS) is 12.3. The van der Waals surface area contributed by atoms with Crippen molar-refractivity contribution in [3.8, 4) is 0 Å². The molecule has 2 N–H and O–H groups in total. The molecule has 1 aromatic heterocycles. The molecule has 1 heterocycles. The van der Waals surface area contributed by atoms with Crippen molar-refractivity contribution < 1.29 is 13.2 Å². The third-order valence-electron chi connectivity index (χ3n) is 2.26. The molecule has 0 aliphatic carbocycles. The van der Waals surface area contributed by atoms with Crippen LogP contribution in [0.2, 0.25) is 0 Å². The molecule has 0 fully saturated rings. The van der Waals surface area contributed by atoms with Crippen LogP contribution in [0, 0.1) is 0 Å². The van der Waals surface area contributed by atoms with E-state index in [4.69, 9.17) is 5.73 Å². The SMILES string of the molecule is NCc1ccc2c(ccn2C(F)(F)F)c1. The van der Waals surface area contributed by atoms with Crippen LogP contribution >= 0.6 is 0 Å². The summed E-state index contributed by atoms with van der Waals surface area (Å²) in [6, 6.07) is 6.13. The van der Waals surface area contributed by atoms with Crippen LogP contribution in [-0.4, -0.2) is 4.57 Å². The van der Waals surface area contributed by atoms with Crippen molar-refractivity contribution in [3.63, 3.8) is 0 Å². The Morgan fingerprint density at radius 1 is 1.20 bits per heavy atom. The van der Waals surface area contributed by atoms with Gasteiger partial charge in [-0.2, -0.15) is 0 Å². The van der Waals surface area contributed by atoms with E-state index in [0.717, 1.165) is 11.8 Å². The zero-order valence-electron chi connectivity index (χ0n) is 7.75. The number of benzene rings is 1. The molecule has 0 saturated heterocycles. The maximum Gasteiger partial charge on any atom is 0.488 e. The van der Waals surface area contributed by atoms with Crippen molar-refractivity contribution in [3.05, 3.63) is 36.0 Å². The first-order valence-corrected chi connectivity index (χ1v) is 4.39. The third-order valence-corrected chi connectivity index (χ3v) is 2.26. The standard InChI is InChI=1S/C10H9F3N2/c11-10(12,13)15-4-3-8-5-7(6-14)1-2-9(8)15/h1-5H,6,14H2. The van der Waals surface area contributed by atoms with E-state index in [1.54, 1.807) is 12.1 Å². The predicted octanol–water partition coefficient (Wildman–Crippen LogP) is 2.58. The van der Waals surface area contributed by atoms with E-state index in [1.165, 1.54) is 12.1 Å². The van der Waals surface area contributed by atoms with Gasteiger partial charge in [0.25, 0.3) is 0 Å². The summed E-state index contributed by atoms with van der Waals surface area (Å²) in [6.45, 7) is 0.327. The smallest absolute Gasteiger partial charge is 0.326 e. The average molecular weight is 214 g/mol. The van der Waals surface area contributed by atoms with Gasteiger partial charge in [0.05, 0.1) is 5.52 Å². The summed E-state index contributed by atoms with van der Waals surface area (Å²) in [4.78, 5) is 0. The van der Waals surface area contributed by atoms with Crippen LogP contribution in [0.5, 0.6) is 0 Å². The van der Waals surface area contributed by atoms with Crippen LogP contribution in [0.3, 0.4) is 0 Å². The molecule has 0 aliphatic rings. The quantitative estimate of drug-likeness (QED) is 0.777. The lowest BCUT2D eigenvalue weighted by atomic mass is 10.1. The Balaban J connectivity index is 2.62. The molecular formula is C10H9F3N2. The molecule has 0 aliphatic heterocycles. The molecule has 0 saturated carbocycles. The van der Waals surface area contributed by atoms with Gasteiger partial charge in [-0.05, 0) is 23.8 Å². The molecule has 0 radical (unpaired) electrons. The van der Waals surface area contributed by atoms with E-state index >= 15 is 0 Å². The van der Waals surface area contributed by atoms with Crippen molar-refractivity contribution >= 4 is 10.9 Å². The Kier molecular flexibility index (Phi) is 2.19. The van der Waals surface area contributed by atoms with E-state index in [0.29, 0.717) is 16.5 Å². The van der Waals surface area contributed by atoms with Gasteiger partial charge >= 0.3 is 6.30 Å². The molecule has 2 rings (SSSR count). The molecule has 0 unspecified atom stereocenters. The van der Waals surface area contributed by atoms with Gasteiger partial charge in [-0.1, -0.05) is 6.07 Å². The fourth-order valence-corrected chi connectivity index (χ4v) is 1.54. The molecule has 15 heavy (non-hydrogen) atoms. The minimum atomic E-state index is -4.37. The number of halogens is 3. The molecule has 0 spiro atoms. The minimum Gasteiger partial charge on any atom is -0.326 e. The number of hydrogen-bond acceptors (Lipinski definition) is 1. The first-order chi connectivity index (χ1) is 7.02. The fraction of sp³-hybridized carbons (Fsp3) is 0.200. The van der Waals surface area contributed by atoms with Gasteiger partial charge in [0.2, 0.25) is 0 Å². The van der Waals surface area contributed by atoms with Gasteiger partial charge in [-0.3, -0.25) is 4.57 Å².